The van der Waals surface area contributed by atoms with Gasteiger partial charge in [0.25, 0.3) is 5.22 Å². The number of aromatic nitrogens is 2. The summed E-state index contributed by atoms with van der Waals surface area (Å²) in [4.78, 5) is 12.1. The molecule has 0 aliphatic heterocycles. The fourth-order valence-corrected chi connectivity index (χ4v) is 6.40. The number of nitrogens with one attached hydrogen (secondary N) is 1. The zero-order valence-corrected chi connectivity index (χ0v) is 16.6. The van der Waals surface area contributed by atoms with Gasteiger partial charge >= 0.3 is 0 Å². The molecule has 7 heteroatoms. The van der Waals surface area contributed by atoms with Crippen LogP contribution in [0, 0.1) is 17.8 Å². The van der Waals surface area contributed by atoms with Crippen molar-refractivity contribution in [1.29, 1.82) is 0 Å². The van der Waals surface area contributed by atoms with Crippen LogP contribution >= 0.6 is 23.4 Å². The van der Waals surface area contributed by atoms with E-state index in [1.54, 1.807) is 24.3 Å². The second kappa shape index (κ2) is 6.82. The topological polar surface area (TPSA) is 68.0 Å². The number of anilines is 1. The lowest BCUT2D eigenvalue weighted by Gasteiger charge is -2.55. The van der Waals surface area contributed by atoms with Gasteiger partial charge in [-0.15, -0.1) is 10.2 Å². The predicted molar refractivity (Wildman–Crippen MR) is 105 cm³/mol. The number of halogens is 1. The Bertz CT molecular complexity index is 816. The average molecular weight is 404 g/mol. The van der Waals surface area contributed by atoms with Crippen LogP contribution < -0.4 is 5.32 Å². The number of rotatable bonds is 5. The van der Waals surface area contributed by atoms with Gasteiger partial charge in [0.05, 0.1) is 5.75 Å². The molecular weight excluding hydrogens is 382 g/mol. The fourth-order valence-electron chi connectivity index (χ4n) is 5.71. The summed E-state index contributed by atoms with van der Waals surface area (Å²) in [6.45, 7) is 0. The van der Waals surface area contributed by atoms with E-state index in [1.165, 1.54) is 50.3 Å². The predicted octanol–water partition coefficient (Wildman–Crippen LogP) is 4.92. The van der Waals surface area contributed by atoms with Crippen molar-refractivity contribution in [2.24, 2.45) is 17.8 Å². The van der Waals surface area contributed by atoms with E-state index in [2.05, 4.69) is 15.5 Å². The lowest BCUT2D eigenvalue weighted by Crippen LogP contribution is -2.48. The maximum Gasteiger partial charge on any atom is 0.277 e. The van der Waals surface area contributed by atoms with Gasteiger partial charge in [-0.25, -0.2) is 0 Å². The molecule has 4 aliphatic carbocycles. The zero-order chi connectivity index (χ0) is 18.4. The number of nitrogens with zero attached hydrogens (tertiary/aromatic N) is 2. The highest BCUT2D eigenvalue weighted by molar-refractivity contribution is 7.99. The maximum atomic E-state index is 12.1. The number of hydrogen-bond acceptors (Lipinski definition) is 5. The van der Waals surface area contributed by atoms with Crippen molar-refractivity contribution in [3.63, 3.8) is 0 Å². The van der Waals surface area contributed by atoms with E-state index in [9.17, 15) is 4.79 Å². The molecule has 4 aliphatic rings. The van der Waals surface area contributed by atoms with Crippen molar-refractivity contribution in [3.05, 3.63) is 35.2 Å². The van der Waals surface area contributed by atoms with Gasteiger partial charge in [0.15, 0.2) is 0 Å². The highest BCUT2D eigenvalue weighted by atomic mass is 35.5. The minimum Gasteiger partial charge on any atom is -0.415 e. The second-order valence-electron chi connectivity index (χ2n) is 8.41. The monoisotopic (exact) mass is 403 g/mol. The molecule has 6 rings (SSSR count). The third-order valence-corrected chi connectivity index (χ3v) is 7.42. The Labute approximate surface area is 167 Å². The first-order valence-corrected chi connectivity index (χ1v) is 11.0. The first-order chi connectivity index (χ1) is 13.1. The van der Waals surface area contributed by atoms with E-state index in [0.717, 1.165) is 29.3 Å². The van der Waals surface area contributed by atoms with E-state index < -0.39 is 0 Å². The van der Waals surface area contributed by atoms with Crippen LogP contribution in [0.1, 0.15) is 44.4 Å². The molecule has 1 aromatic carbocycles. The van der Waals surface area contributed by atoms with Gasteiger partial charge in [0.1, 0.15) is 0 Å². The molecule has 4 fully saturated rings. The van der Waals surface area contributed by atoms with E-state index in [4.69, 9.17) is 16.0 Å². The number of carbonyl (C=O) groups excluding carboxylic acids is 1. The Balaban J connectivity index is 1.21. The van der Waals surface area contributed by atoms with Crippen molar-refractivity contribution in [2.45, 2.75) is 49.2 Å². The van der Waals surface area contributed by atoms with Crippen LogP contribution in [0.4, 0.5) is 5.69 Å². The van der Waals surface area contributed by atoms with Crippen molar-refractivity contribution < 1.29 is 9.21 Å². The molecule has 0 atom stereocenters. The minimum atomic E-state index is -0.100. The summed E-state index contributed by atoms with van der Waals surface area (Å²) in [7, 11) is 0. The molecule has 27 heavy (non-hydrogen) atoms. The molecular formula is C20H22ClN3O2S. The van der Waals surface area contributed by atoms with E-state index in [0.29, 0.717) is 10.2 Å². The molecule has 142 valence electrons. The quantitative estimate of drug-likeness (QED) is 0.717. The molecule has 0 unspecified atom stereocenters. The summed E-state index contributed by atoms with van der Waals surface area (Å²) >= 11 is 7.16. The van der Waals surface area contributed by atoms with Gasteiger partial charge < -0.3 is 9.73 Å². The molecule has 1 N–H and O–H groups in total. The Morgan fingerprint density at radius 3 is 2.37 bits per heavy atom. The summed E-state index contributed by atoms with van der Waals surface area (Å²) in [6, 6.07) is 7.06. The van der Waals surface area contributed by atoms with Gasteiger partial charge in [-0.1, -0.05) is 23.4 Å². The Morgan fingerprint density at radius 1 is 1.11 bits per heavy atom. The summed E-state index contributed by atoms with van der Waals surface area (Å²) in [5.41, 5.74) is 0.830. The first kappa shape index (κ1) is 17.6. The van der Waals surface area contributed by atoms with Crippen molar-refractivity contribution in [3.8, 4) is 0 Å². The summed E-state index contributed by atoms with van der Waals surface area (Å²) in [6.07, 6.45) is 7.76. The molecule has 1 amide bonds. The van der Waals surface area contributed by atoms with Gasteiger partial charge in [0.2, 0.25) is 11.8 Å². The van der Waals surface area contributed by atoms with Crippen LogP contribution in [0.15, 0.2) is 33.9 Å². The second-order valence-corrected chi connectivity index (χ2v) is 9.78. The van der Waals surface area contributed by atoms with Crippen LogP contribution in [0.3, 0.4) is 0 Å². The van der Waals surface area contributed by atoms with E-state index >= 15 is 0 Å². The molecule has 0 radical (unpaired) electrons. The third-order valence-electron chi connectivity index (χ3n) is 6.35. The minimum absolute atomic E-state index is 0.100. The maximum absolute atomic E-state index is 12.1. The number of thioether (sulfide) groups is 1. The Hall–Kier alpha value is -1.53. The van der Waals surface area contributed by atoms with E-state index in [-0.39, 0.29) is 17.1 Å². The average Bonchev–Trinajstić information content (AvgIpc) is 3.11. The van der Waals surface area contributed by atoms with Crippen molar-refractivity contribution in [1.82, 2.24) is 10.2 Å². The summed E-state index contributed by atoms with van der Waals surface area (Å²) in [5, 5.41) is 12.6. The molecule has 4 bridgehead atoms. The third kappa shape index (κ3) is 3.49. The first-order valence-electron chi connectivity index (χ1n) is 9.60. The van der Waals surface area contributed by atoms with Crippen LogP contribution in [-0.4, -0.2) is 21.9 Å². The van der Waals surface area contributed by atoms with Crippen molar-refractivity contribution >= 4 is 35.0 Å². The van der Waals surface area contributed by atoms with Crippen LogP contribution in [0.2, 0.25) is 5.02 Å². The largest absolute Gasteiger partial charge is 0.415 e. The molecule has 0 spiro atoms. The van der Waals surface area contributed by atoms with Crippen LogP contribution in [-0.2, 0) is 10.2 Å². The molecule has 4 saturated carbocycles. The number of amides is 1. The van der Waals surface area contributed by atoms with E-state index in [1.807, 2.05) is 0 Å². The molecule has 5 nitrogen and oxygen atoms in total. The van der Waals surface area contributed by atoms with Crippen molar-refractivity contribution in [2.75, 3.05) is 11.1 Å². The Morgan fingerprint density at radius 2 is 1.74 bits per heavy atom. The van der Waals surface area contributed by atoms with Gasteiger partial charge in [-0.05, 0) is 80.5 Å². The van der Waals surface area contributed by atoms with Gasteiger partial charge in [0, 0.05) is 16.1 Å². The van der Waals surface area contributed by atoms with Gasteiger partial charge in [-0.3, -0.25) is 4.79 Å². The standard InChI is InChI=1S/C20H22ClN3O2S/c21-15-1-3-16(4-2-15)22-17(25)11-27-19-24-23-18(26-19)20-8-12-5-13(9-20)7-14(6-12)10-20/h1-4,12-14H,5-11H2,(H,22,25). The van der Waals surface area contributed by atoms with Gasteiger partial charge in [-0.2, -0.15) is 0 Å². The fraction of sp³-hybridized carbons (Fsp3) is 0.550. The lowest BCUT2D eigenvalue weighted by atomic mass is 9.49. The zero-order valence-electron chi connectivity index (χ0n) is 15.0. The smallest absolute Gasteiger partial charge is 0.277 e. The highest BCUT2D eigenvalue weighted by Crippen LogP contribution is 2.60. The molecule has 1 aromatic heterocycles. The summed E-state index contributed by atoms with van der Waals surface area (Å²) < 4.78 is 6.03. The summed E-state index contributed by atoms with van der Waals surface area (Å²) in [5.74, 6) is 3.46. The Kier molecular flexibility index (Phi) is 4.43. The number of benzene rings is 1. The number of hydrogen-bond donors (Lipinski definition) is 1. The highest BCUT2D eigenvalue weighted by Gasteiger charge is 2.54. The normalized spacial score (nSPS) is 31.2. The SMILES string of the molecule is O=C(CSc1nnc(C23CC4CC(CC(C4)C2)C3)o1)Nc1ccc(Cl)cc1. The molecule has 1 heterocycles. The lowest BCUT2D eigenvalue weighted by molar-refractivity contribution is -0.113. The number of carbonyl (C=O) groups is 1. The van der Waals surface area contributed by atoms with Crippen LogP contribution in [0.5, 0.6) is 0 Å². The molecule has 0 saturated heterocycles. The molecule has 2 aromatic rings. The van der Waals surface area contributed by atoms with Crippen LogP contribution in [0.25, 0.3) is 0 Å².